The molecule has 0 amide bonds. The van der Waals surface area contributed by atoms with Crippen LogP contribution in [0.4, 0.5) is 0 Å². The van der Waals surface area contributed by atoms with Crippen molar-refractivity contribution in [1.82, 2.24) is 0 Å². The van der Waals surface area contributed by atoms with Crippen LogP contribution in [0.1, 0.15) is 0 Å². The van der Waals surface area contributed by atoms with Crippen LogP contribution in [0.25, 0.3) is 0 Å². The van der Waals surface area contributed by atoms with Gasteiger partial charge in [-0.15, -0.1) is 0 Å². The molecule has 0 heterocycles. The van der Waals surface area contributed by atoms with Crippen LogP contribution in [-0.2, 0) is 0 Å². The number of halogens is 75. The highest BCUT2D eigenvalue weighted by Gasteiger charge is 2.16. The molecule has 0 aromatic rings. The maximum absolute atomic E-state index is 8.01. The molecular weight excluding hydrogens is 2990 g/mol. The fourth-order valence-electron chi connectivity index (χ4n) is 0. The summed E-state index contributed by atoms with van der Waals surface area (Å²) in [5.74, 6) is 0. The average Bonchev–Trinajstić information content (AvgIpc) is 3.19. The van der Waals surface area contributed by atoms with E-state index in [1.54, 1.807) is 0 Å². The third kappa shape index (κ3) is 2900. The first-order valence-electron chi connectivity index (χ1n) is 16.9. The van der Waals surface area contributed by atoms with Gasteiger partial charge in [0.05, 0.1) is 6.61 Å². The first kappa shape index (κ1) is 191. The minimum atomic E-state index is -1.49. The predicted octanol–water partition coefficient (Wildman–Crippen LogP) is 49.0. The molecular formula is C26H27Cl75O. The van der Waals surface area contributed by atoms with Crippen molar-refractivity contribution >= 4 is 870 Å². The van der Waals surface area contributed by atoms with E-state index in [-0.39, 0.29) is 0 Å². The smallest absolute Gasteiger partial charge is 0.213 e. The molecule has 0 aliphatic heterocycles. The monoisotopic (exact) mass is 2980 g/mol. The number of alkyl halides is 75. The largest absolute Gasteiger partial charge is 0.392 e. The molecule has 1 N–H and O–H groups in total. The van der Waals surface area contributed by atoms with Gasteiger partial charge in [0.1, 0.15) is 0 Å². The Morgan fingerprint density at radius 1 is 0.108 bits per heavy atom. The minimum absolute atomic E-state index is 0.433. The molecule has 0 unspecified atom stereocenters. The van der Waals surface area contributed by atoms with Gasteiger partial charge in [-0.2, -0.15) is 0 Å². The fourth-order valence-corrected chi connectivity index (χ4v) is 0. The second-order valence-electron chi connectivity index (χ2n) is 6.71. The Bertz CT molecular complexity index is 633. The molecule has 102 heavy (non-hydrogen) atoms. The Morgan fingerprint density at radius 3 is 0.118 bits per heavy atom. The number of aliphatic hydroxyl groups excluding tert-OH is 1. The number of hydrogen-bond acceptors (Lipinski definition) is 1. The van der Waals surface area contributed by atoms with Crippen molar-refractivity contribution in [1.29, 1.82) is 0 Å². The lowest BCUT2D eigenvalue weighted by Gasteiger charge is -2.01. The zero-order chi connectivity index (χ0) is 91.1. The van der Waals surface area contributed by atoms with Gasteiger partial charge in [-0.3, -0.25) is 0 Å². The van der Waals surface area contributed by atoms with Crippen LogP contribution in [0, 0.1) is 0 Å². The summed E-state index contributed by atoms with van der Waals surface area (Å²) < 4.78 is -19.5. The van der Waals surface area contributed by atoms with Gasteiger partial charge in [-0.05, 0) is 0 Å². The lowest BCUT2D eigenvalue weighted by atomic mass is 10.9. The lowest BCUT2D eigenvalue weighted by Crippen LogP contribution is -2.06. The van der Waals surface area contributed by atoms with Crippen LogP contribution in [0.5, 0.6) is 0 Å². The standard InChI is InChI=1S/C2H3Cl3O.24CHCl3/c3-2(4,5)1-6;24*2-1(3)4/h6H,1H2;24*1H. The van der Waals surface area contributed by atoms with E-state index in [2.05, 4.69) is 0 Å². The summed E-state index contributed by atoms with van der Waals surface area (Å²) in [6.45, 7) is -0.433. The van der Waals surface area contributed by atoms with Crippen LogP contribution in [0.2, 0.25) is 0 Å². The van der Waals surface area contributed by atoms with Crippen molar-refractivity contribution in [3.63, 3.8) is 0 Å². The molecule has 0 aromatic heterocycles. The zero-order valence-corrected chi connectivity index (χ0v) is 101. The lowest BCUT2D eigenvalue weighted by molar-refractivity contribution is 0.303. The molecule has 0 radical (unpaired) electrons. The topological polar surface area (TPSA) is 20.2 Å². The molecule has 76 heteroatoms. The van der Waals surface area contributed by atoms with Gasteiger partial charge < -0.3 is 5.11 Å². The van der Waals surface area contributed by atoms with Crippen molar-refractivity contribution < 1.29 is 5.11 Å². The van der Waals surface area contributed by atoms with Crippen LogP contribution >= 0.6 is 870 Å². The summed E-state index contributed by atoms with van der Waals surface area (Å²) in [5.41, 5.74) is 0. The van der Waals surface area contributed by atoms with Crippen molar-refractivity contribution in [3.8, 4) is 0 Å². The van der Waals surface area contributed by atoms with Gasteiger partial charge in [-0.1, -0.05) is 870 Å². The number of rotatable bonds is 0. The second kappa shape index (κ2) is 179. The van der Waals surface area contributed by atoms with Crippen LogP contribution in [0.3, 0.4) is 0 Å². The van der Waals surface area contributed by atoms with Crippen LogP contribution in [0.15, 0.2) is 0 Å². The summed E-state index contributed by atoms with van der Waals surface area (Å²) in [6.07, 6.45) is 0. The Hall–Kier alpha value is 21.7. The van der Waals surface area contributed by atoms with Gasteiger partial charge in [0.15, 0.2) is 103 Å². The molecule has 0 bridgehead atoms. The van der Waals surface area contributed by atoms with Crippen molar-refractivity contribution in [2.45, 2.75) is 107 Å². The second-order valence-corrected chi connectivity index (χ2v) is 56.7. The molecule has 0 spiro atoms. The Balaban J connectivity index is -0.0000000263. The third-order valence-corrected chi connectivity index (χ3v) is 0.538. The molecule has 662 valence electrons. The van der Waals surface area contributed by atoms with Gasteiger partial charge in [0.2, 0.25) is 3.79 Å². The maximum atomic E-state index is 8.01. The highest BCUT2D eigenvalue weighted by Crippen LogP contribution is 2.24. The summed E-state index contributed by atoms with van der Waals surface area (Å²) in [7, 11) is 0. The molecule has 0 atom stereocenters. The minimum Gasteiger partial charge on any atom is -0.392 e. The third-order valence-electron chi connectivity index (χ3n) is 0.179. The molecule has 1 nitrogen and oxygen atoms in total. The molecule has 0 aliphatic rings. The summed E-state index contributed by atoms with van der Waals surface area (Å²) >= 11 is 361. The quantitative estimate of drug-likeness (QED) is 0.240. The van der Waals surface area contributed by atoms with E-state index < -0.39 is 113 Å². The maximum Gasteiger partial charge on any atom is 0.213 e. The molecule has 0 rings (SSSR count). The molecule has 0 fully saturated rings. The van der Waals surface area contributed by atoms with Gasteiger partial charge in [0.25, 0.3) is 0 Å². The van der Waals surface area contributed by atoms with E-state index in [0.29, 0.717) is 0 Å². The highest BCUT2D eigenvalue weighted by molar-refractivity contribution is 6.72. The summed E-state index contributed by atoms with van der Waals surface area (Å²) in [4.78, 5) is 0. The van der Waals surface area contributed by atoms with Crippen molar-refractivity contribution in [3.05, 3.63) is 0 Å². The fraction of sp³-hybridized carbons (Fsp3) is 1.00. The highest BCUT2D eigenvalue weighted by atomic mass is 35.7. The number of aliphatic hydroxyl groups is 1. The van der Waals surface area contributed by atoms with E-state index in [0.717, 1.165) is 0 Å². The van der Waals surface area contributed by atoms with Crippen molar-refractivity contribution in [2.75, 3.05) is 6.61 Å². The van der Waals surface area contributed by atoms with E-state index in [1.807, 2.05) is 0 Å². The Kier molecular flexibility index (Phi) is 336. The first-order chi connectivity index (χ1) is 44.1. The van der Waals surface area contributed by atoms with E-state index in [4.69, 9.17) is 875 Å². The SMILES string of the molecule is ClC(Cl)Cl.ClC(Cl)Cl.ClC(Cl)Cl.ClC(Cl)Cl.ClC(Cl)Cl.ClC(Cl)Cl.ClC(Cl)Cl.ClC(Cl)Cl.ClC(Cl)Cl.ClC(Cl)Cl.ClC(Cl)Cl.ClC(Cl)Cl.ClC(Cl)Cl.ClC(Cl)Cl.ClC(Cl)Cl.ClC(Cl)Cl.ClC(Cl)Cl.ClC(Cl)Cl.ClC(Cl)Cl.ClC(Cl)Cl.ClC(Cl)Cl.ClC(Cl)Cl.ClC(Cl)Cl.ClC(Cl)Cl.OCC(Cl)(Cl)Cl. The molecule has 0 saturated heterocycles. The van der Waals surface area contributed by atoms with Gasteiger partial charge >= 0.3 is 0 Å². The summed E-state index contributed by atoms with van der Waals surface area (Å²) in [6, 6.07) is 0. The van der Waals surface area contributed by atoms with Crippen LogP contribution in [-0.4, -0.2) is 119 Å². The molecule has 0 aromatic carbocycles. The van der Waals surface area contributed by atoms with E-state index >= 15 is 0 Å². The Labute approximate surface area is 970 Å². The normalized spacial score (nSPS) is 9.18. The summed E-state index contributed by atoms with van der Waals surface area (Å²) in [5, 5.41) is 8.01. The van der Waals surface area contributed by atoms with E-state index in [1.165, 1.54) is 0 Å². The molecule has 0 aliphatic carbocycles. The molecule has 0 saturated carbocycles. The van der Waals surface area contributed by atoms with Gasteiger partial charge in [-0.25, -0.2) is 0 Å². The number of hydrogen-bond donors (Lipinski definition) is 1. The van der Waals surface area contributed by atoms with Crippen molar-refractivity contribution in [2.24, 2.45) is 0 Å². The predicted molar refractivity (Wildman–Crippen MR) is 540 cm³/mol. The Morgan fingerprint density at radius 2 is 0.118 bits per heavy atom. The van der Waals surface area contributed by atoms with Gasteiger partial charge in [0, 0.05) is 0 Å². The van der Waals surface area contributed by atoms with E-state index in [9.17, 15) is 0 Å². The first-order valence-corrected chi connectivity index (χ1v) is 49.5. The average molecular weight is 3010 g/mol. The van der Waals surface area contributed by atoms with Crippen LogP contribution < -0.4 is 0 Å². The zero-order valence-electron chi connectivity index (χ0n) is 43.9.